The van der Waals surface area contributed by atoms with Crippen LogP contribution in [-0.2, 0) is 0 Å². The van der Waals surface area contributed by atoms with Gasteiger partial charge in [0, 0.05) is 16.8 Å². The zero-order valence-corrected chi connectivity index (χ0v) is 10.7. The molecule has 0 radical (unpaired) electrons. The fourth-order valence-corrected chi connectivity index (χ4v) is 2.39. The molecule has 1 aromatic carbocycles. The van der Waals surface area contributed by atoms with Crippen LogP contribution in [0.2, 0.25) is 0 Å². The standard InChI is InChI=1S/C12H10FN3O2S/c1-6-4-5-15-12(16-6)19-8-3-2-7(13)10(14)9(8)11(17)18/h2-5H,14H2,1H3,(H,17,18). The summed E-state index contributed by atoms with van der Waals surface area (Å²) in [5.41, 5.74) is 5.56. The molecule has 3 N–H and O–H groups in total. The van der Waals surface area contributed by atoms with Crippen molar-refractivity contribution in [3.63, 3.8) is 0 Å². The zero-order chi connectivity index (χ0) is 14.0. The number of aryl methyl sites for hydroxylation is 1. The van der Waals surface area contributed by atoms with E-state index in [1.807, 2.05) is 0 Å². The Morgan fingerprint density at radius 2 is 2.16 bits per heavy atom. The lowest BCUT2D eigenvalue weighted by Gasteiger charge is -2.08. The number of halogens is 1. The number of nitrogens with zero attached hydrogens (tertiary/aromatic N) is 2. The Morgan fingerprint density at radius 3 is 2.79 bits per heavy atom. The highest BCUT2D eigenvalue weighted by Gasteiger charge is 2.18. The molecule has 0 saturated heterocycles. The van der Waals surface area contributed by atoms with Gasteiger partial charge in [-0.15, -0.1) is 0 Å². The summed E-state index contributed by atoms with van der Waals surface area (Å²) in [5, 5.41) is 9.49. The number of carbonyl (C=O) groups is 1. The lowest BCUT2D eigenvalue weighted by atomic mass is 10.2. The monoisotopic (exact) mass is 279 g/mol. The quantitative estimate of drug-likeness (QED) is 0.662. The van der Waals surface area contributed by atoms with Crippen LogP contribution in [0.3, 0.4) is 0 Å². The van der Waals surface area contributed by atoms with Crippen LogP contribution in [0, 0.1) is 12.7 Å². The SMILES string of the molecule is Cc1ccnc(Sc2ccc(F)c(N)c2C(=O)O)n1. The number of aromatic carboxylic acids is 1. The van der Waals surface area contributed by atoms with Gasteiger partial charge in [0.15, 0.2) is 5.16 Å². The van der Waals surface area contributed by atoms with E-state index in [9.17, 15) is 9.18 Å². The number of hydrogen-bond acceptors (Lipinski definition) is 5. The molecule has 7 heteroatoms. The van der Waals surface area contributed by atoms with Crippen LogP contribution in [0.5, 0.6) is 0 Å². The van der Waals surface area contributed by atoms with Gasteiger partial charge in [0.25, 0.3) is 0 Å². The lowest BCUT2D eigenvalue weighted by molar-refractivity contribution is 0.0694. The third kappa shape index (κ3) is 2.82. The second-order valence-corrected chi connectivity index (χ2v) is 4.73. The summed E-state index contributed by atoms with van der Waals surface area (Å²) < 4.78 is 13.3. The lowest BCUT2D eigenvalue weighted by Crippen LogP contribution is -2.06. The number of nitrogen functional groups attached to an aromatic ring is 1. The second-order valence-electron chi connectivity index (χ2n) is 3.72. The highest BCUT2D eigenvalue weighted by atomic mass is 32.2. The van der Waals surface area contributed by atoms with Gasteiger partial charge in [0.1, 0.15) is 5.82 Å². The molecule has 1 heterocycles. The van der Waals surface area contributed by atoms with Crippen LogP contribution in [0.1, 0.15) is 16.1 Å². The van der Waals surface area contributed by atoms with Crippen molar-refractivity contribution >= 4 is 23.4 Å². The average Bonchev–Trinajstić information content (AvgIpc) is 2.33. The number of carboxylic acids is 1. The summed E-state index contributed by atoms with van der Waals surface area (Å²) in [6.07, 6.45) is 1.57. The van der Waals surface area contributed by atoms with E-state index in [0.29, 0.717) is 10.1 Å². The molecule has 0 unspecified atom stereocenters. The maximum atomic E-state index is 13.3. The molecule has 0 spiro atoms. The maximum Gasteiger partial charge on any atom is 0.339 e. The first-order valence-corrected chi connectivity index (χ1v) is 6.09. The molecule has 0 aliphatic heterocycles. The largest absolute Gasteiger partial charge is 0.478 e. The Balaban J connectivity index is 2.46. The van der Waals surface area contributed by atoms with E-state index >= 15 is 0 Å². The third-order valence-electron chi connectivity index (χ3n) is 2.34. The number of carboxylic acid groups (broad SMARTS) is 1. The molecule has 19 heavy (non-hydrogen) atoms. The first-order chi connectivity index (χ1) is 8.99. The summed E-state index contributed by atoms with van der Waals surface area (Å²) in [7, 11) is 0. The van der Waals surface area contributed by atoms with Crippen LogP contribution < -0.4 is 5.73 Å². The molecule has 0 saturated carbocycles. The van der Waals surface area contributed by atoms with Crippen LogP contribution in [-0.4, -0.2) is 21.0 Å². The highest BCUT2D eigenvalue weighted by Crippen LogP contribution is 2.32. The fourth-order valence-electron chi connectivity index (χ4n) is 1.45. The predicted molar refractivity (Wildman–Crippen MR) is 68.7 cm³/mol. The predicted octanol–water partition coefficient (Wildman–Crippen LogP) is 2.36. The van der Waals surface area contributed by atoms with Crippen molar-refractivity contribution in [2.45, 2.75) is 17.0 Å². The molecule has 0 aliphatic rings. The Morgan fingerprint density at radius 1 is 1.42 bits per heavy atom. The summed E-state index contributed by atoms with van der Waals surface area (Å²) in [4.78, 5) is 19.6. The van der Waals surface area contributed by atoms with Crippen molar-refractivity contribution in [3.8, 4) is 0 Å². The third-order valence-corrected chi connectivity index (χ3v) is 3.28. The molecule has 0 fully saturated rings. The van der Waals surface area contributed by atoms with Crippen molar-refractivity contribution in [3.05, 3.63) is 41.5 Å². The summed E-state index contributed by atoms with van der Waals surface area (Å²) in [6, 6.07) is 4.20. The number of benzene rings is 1. The van der Waals surface area contributed by atoms with Crippen molar-refractivity contribution in [1.82, 2.24) is 9.97 Å². The van der Waals surface area contributed by atoms with E-state index in [0.717, 1.165) is 23.5 Å². The second kappa shape index (κ2) is 5.23. The van der Waals surface area contributed by atoms with Crippen molar-refractivity contribution in [2.24, 2.45) is 0 Å². The smallest absolute Gasteiger partial charge is 0.339 e. The summed E-state index contributed by atoms with van der Waals surface area (Å²) in [5.74, 6) is -2.04. The normalized spacial score (nSPS) is 10.4. The summed E-state index contributed by atoms with van der Waals surface area (Å²) in [6.45, 7) is 1.79. The topological polar surface area (TPSA) is 89.1 Å². The van der Waals surface area contributed by atoms with Crippen LogP contribution in [0.4, 0.5) is 10.1 Å². The molecule has 0 bridgehead atoms. The van der Waals surface area contributed by atoms with Crippen molar-refractivity contribution < 1.29 is 14.3 Å². The average molecular weight is 279 g/mol. The number of anilines is 1. The molecule has 1 aromatic heterocycles. The van der Waals surface area contributed by atoms with E-state index in [2.05, 4.69) is 9.97 Å². The summed E-state index contributed by atoms with van der Waals surface area (Å²) >= 11 is 1.03. The molecule has 98 valence electrons. The number of aromatic nitrogens is 2. The number of hydrogen-bond donors (Lipinski definition) is 2. The van der Waals surface area contributed by atoms with E-state index < -0.39 is 11.8 Å². The molecular formula is C12H10FN3O2S. The van der Waals surface area contributed by atoms with E-state index in [4.69, 9.17) is 10.8 Å². The zero-order valence-electron chi connectivity index (χ0n) is 9.92. The van der Waals surface area contributed by atoms with Gasteiger partial charge in [-0.05, 0) is 36.9 Å². The van der Waals surface area contributed by atoms with Gasteiger partial charge in [0.05, 0.1) is 11.3 Å². The van der Waals surface area contributed by atoms with Gasteiger partial charge in [-0.2, -0.15) is 0 Å². The van der Waals surface area contributed by atoms with Gasteiger partial charge in [-0.1, -0.05) is 0 Å². The Bertz CT molecular complexity index is 649. The maximum absolute atomic E-state index is 13.3. The van der Waals surface area contributed by atoms with E-state index in [1.165, 1.54) is 6.07 Å². The van der Waals surface area contributed by atoms with Crippen molar-refractivity contribution in [2.75, 3.05) is 5.73 Å². The van der Waals surface area contributed by atoms with Gasteiger partial charge < -0.3 is 10.8 Å². The minimum Gasteiger partial charge on any atom is -0.478 e. The molecule has 2 aromatic rings. The van der Waals surface area contributed by atoms with Gasteiger partial charge in [0.2, 0.25) is 0 Å². The van der Waals surface area contributed by atoms with E-state index in [-0.39, 0.29) is 11.3 Å². The minimum absolute atomic E-state index is 0.268. The Kier molecular flexibility index (Phi) is 3.66. The minimum atomic E-state index is -1.29. The van der Waals surface area contributed by atoms with E-state index in [1.54, 1.807) is 19.2 Å². The fraction of sp³-hybridized carbons (Fsp3) is 0.0833. The van der Waals surface area contributed by atoms with Crippen LogP contribution in [0.25, 0.3) is 0 Å². The number of rotatable bonds is 3. The van der Waals surface area contributed by atoms with Gasteiger partial charge in [-0.25, -0.2) is 19.2 Å². The molecule has 0 amide bonds. The van der Waals surface area contributed by atoms with Gasteiger partial charge in [-0.3, -0.25) is 0 Å². The highest BCUT2D eigenvalue weighted by molar-refractivity contribution is 7.99. The first-order valence-electron chi connectivity index (χ1n) is 5.28. The first kappa shape index (κ1) is 13.3. The van der Waals surface area contributed by atoms with Gasteiger partial charge >= 0.3 is 5.97 Å². The van der Waals surface area contributed by atoms with Crippen LogP contribution in [0.15, 0.2) is 34.4 Å². The molecule has 0 aliphatic carbocycles. The molecule has 0 atom stereocenters. The van der Waals surface area contributed by atoms with Crippen LogP contribution >= 0.6 is 11.8 Å². The Hall–Kier alpha value is -2.15. The molecule has 5 nitrogen and oxygen atoms in total. The number of nitrogens with two attached hydrogens (primary N) is 1. The Labute approximate surface area is 112 Å². The molecule has 2 rings (SSSR count). The van der Waals surface area contributed by atoms with Crippen molar-refractivity contribution in [1.29, 1.82) is 0 Å². The molecular weight excluding hydrogens is 269 g/mol.